The first kappa shape index (κ1) is 33.9. The summed E-state index contributed by atoms with van der Waals surface area (Å²) in [6.45, 7) is 4.79. The summed E-state index contributed by atoms with van der Waals surface area (Å²) < 4.78 is 2.59. The Labute approximate surface area is 354 Å². The van der Waals surface area contributed by atoms with Crippen molar-refractivity contribution in [3.63, 3.8) is 0 Å². The van der Waals surface area contributed by atoms with Crippen LogP contribution in [0.15, 0.2) is 200 Å². The van der Waals surface area contributed by atoms with Crippen LogP contribution in [0.5, 0.6) is 0 Å². The lowest BCUT2D eigenvalue weighted by atomic mass is 9.70. The van der Waals surface area contributed by atoms with Crippen molar-refractivity contribution in [1.82, 2.24) is 0 Å². The Kier molecular flexibility index (Phi) is 6.94. The molecule has 13 rings (SSSR count). The first-order chi connectivity index (χ1) is 29.5. The van der Waals surface area contributed by atoms with E-state index in [0.29, 0.717) is 0 Å². The average Bonchev–Trinajstić information content (AvgIpc) is 3.99. The minimum Gasteiger partial charge on any atom is -0.309 e. The largest absolute Gasteiger partial charge is 0.309 e. The Hall–Kier alpha value is -7.00. The van der Waals surface area contributed by atoms with Crippen LogP contribution in [0.25, 0.3) is 64.7 Å². The molecule has 0 aliphatic heterocycles. The quantitative estimate of drug-likeness (QED) is 0.172. The van der Waals surface area contributed by atoms with Crippen LogP contribution in [-0.2, 0) is 10.8 Å². The number of fused-ring (bicyclic) bond motifs is 16. The molecule has 0 saturated carbocycles. The summed E-state index contributed by atoms with van der Waals surface area (Å²) in [5.74, 6) is 0. The molecule has 0 saturated heterocycles. The molecule has 282 valence electrons. The molecule has 1 aromatic heterocycles. The summed E-state index contributed by atoms with van der Waals surface area (Å²) in [5.41, 5.74) is 21.5. The normalized spacial score (nSPS) is 14.4. The minimum absolute atomic E-state index is 0.168. The van der Waals surface area contributed by atoms with Crippen molar-refractivity contribution in [3.8, 4) is 44.5 Å². The third-order valence-corrected chi connectivity index (χ3v) is 15.0. The molecule has 2 heteroatoms. The summed E-state index contributed by atoms with van der Waals surface area (Å²) in [7, 11) is 0. The molecule has 0 amide bonds. The molecule has 0 fully saturated rings. The maximum Gasteiger partial charge on any atom is 0.0726 e. The molecule has 0 radical (unpaired) electrons. The van der Waals surface area contributed by atoms with Crippen LogP contribution in [0.4, 0.5) is 17.1 Å². The Morgan fingerprint density at radius 2 is 0.833 bits per heavy atom. The predicted octanol–water partition coefficient (Wildman–Crippen LogP) is 15.8. The number of benzene rings is 9. The molecule has 10 aromatic rings. The molecular formula is C58H39NS. The van der Waals surface area contributed by atoms with Gasteiger partial charge >= 0.3 is 0 Å². The van der Waals surface area contributed by atoms with E-state index in [1.54, 1.807) is 0 Å². The second-order valence-electron chi connectivity index (χ2n) is 17.1. The maximum absolute atomic E-state index is 2.58. The fourth-order valence-corrected chi connectivity index (χ4v) is 12.7. The number of thiophene rings is 1. The summed E-state index contributed by atoms with van der Waals surface area (Å²) in [5, 5.41) is 2.57. The molecule has 0 unspecified atom stereocenters. The van der Waals surface area contributed by atoms with Crippen molar-refractivity contribution in [1.29, 1.82) is 0 Å². The van der Waals surface area contributed by atoms with E-state index in [0.717, 1.165) is 11.4 Å². The van der Waals surface area contributed by atoms with E-state index in [-0.39, 0.29) is 5.41 Å². The third kappa shape index (κ3) is 4.31. The zero-order valence-corrected chi connectivity index (χ0v) is 34.2. The SMILES string of the molecule is CC1(C)c2ccccc2-c2cccc(-c3ccccc3N(c3ccc4c(c3)C3(c5ccccc5-c5ccccc53)c3ccccc3-4)c3cccc4sc5ccccc5c34)c21. The van der Waals surface area contributed by atoms with Gasteiger partial charge in [0.15, 0.2) is 0 Å². The number of rotatable bonds is 4. The smallest absolute Gasteiger partial charge is 0.0726 e. The summed E-state index contributed by atoms with van der Waals surface area (Å²) in [6.07, 6.45) is 0. The van der Waals surface area contributed by atoms with Gasteiger partial charge < -0.3 is 4.90 Å². The van der Waals surface area contributed by atoms with Crippen molar-refractivity contribution < 1.29 is 0 Å². The molecular weight excluding hydrogens is 743 g/mol. The molecule has 1 heterocycles. The van der Waals surface area contributed by atoms with E-state index >= 15 is 0 Å². The van der Waals surface area contributed by atoms with Crippen LogP contribution in [0.2, 0.25) is 0 Å². The van der Waals surface area contributed by atoms with Crippen LogP contribution < -0.4 is 4.90 Å². The Morgan fingerprint density at radius 3 is 1.52 bits per heavy atom. The van der Waals surface area contributed by atoms with Crippen molar-refractivity contribution in [3.05, 3.63) is 234 Å². The second-order valence-corrected chi connectivity index (χ2v) is 18.2. The van der Waals surface area contributed by atoms with Gasteiger partial charge in [-0.15, -0.1) is 11.3 Å². The van der Waals surface area contributed by atoms with E-state index in [1.165, 1.54) is 104 Å². The lowest BCUT2D eigenvalue weighted by Crippen LogP contribution is -2.26. The fraction of sp³-hybridized carbons (Fsp3) is 0.0690. The van der Waals surface area contributed by atoms with Crippen molar-refractivity contribution in [2.24, 2.45) is 0 Å². The van der Waals surface area contributed by atoms with Gasteiger partial charge in [-0.3, -0.25) is 0 Å². The highest BCUT2D eigenvalue weighted by atomic mass is 32.1. The Balaban J connectivity index is 1.12. The molecule has 0 bridgehead atoms. The van der Waals surface area contributed by atoms with Gasteiger partial charge in [0.1, 0.15) is 0 Å². The van der Waals surface area contributed by atoms with Crippen LogP contribution in [0, 0.1) is 0 Å². The minimum atomic E-state index is -0.447. The second kappa shape index (κ2) is 12.3. The van der Waals surface area contributed by atoms with Crippen LogP contribution >= 0.6 is 11.3 Å². The highest BCUT2D eigenvalue weighted by Gasteiger charge is 2.51. The van der Waals surface area contributed by atoms with Gasteiger partial charge in [-0.1, -0.05) is 178 Å². The van der Waals surface area contributed by atoms with Gasteiger partial charge in [0.2, 0.25) is 0 Å². The van der Waals surface area contributed by atoms with Gasteiger partial charge in [-0.05, 0) is 109 Å². The Bertz CT molecular complexity index is 3370. The van der Waals surface area contributed by atoms with E-state index in [9.17, 15) is 0 Å². The van der Waals surface area contributed by atoms with E-state index in [1.807, 2.05) is 11.3 Å². The molecule has 60 heavy (non-hydrogen) atoms. The zero-order valence-electron chi connectivity index (χ0n) is 33.4. The van der Waals surface area contributed by atoms with Gasteiger partial charge in [0.25, 0.3) is 0 Å². The number of nitrogens with zero attached hydrogens (tertiary/aromatic N) is 1. The molecule has 3 aliphatic carbocycles. The molecule has 9 aromatic carbocycles. The standard InChI is InChI=1S/C58H39NS/c1-57(2)46-25-9-3-20-40(46)43-23-15-24-44(56(43)57)42-21-7-13-29-51(42)59(52-30-16-32-54-55(52)45-22-8-14-31-53(45)60-54)36-33-34-41-39-19-6-12-28-49(39)58(50(41)35-36)47-26-10-4-17-37(47)38-18-5-11-27-48(38)58/h3-35H,1-2H3. The van der Waals surface area contributed by atoms with E-state index in [2.05, 4.69) is 219 Å². The number of para-hydroxylation sites is 1. The van der Waals surface area contributed by atoms with Gasteiger partial charge in [0.05, 0.1) is 16.8 Å². The highest BCUT2D eigenvalue weighted by molar-refractivity contribution is 7.26. The first-order valence-electron chi connectivity index (χ1n) is 21.0. The van der Waals surface area contributed by atoms with Crippen LogP contribution in [0.3, 0.4) is 0 Å². The molecule has 1 spiro atoms. The van der Waals surface area contributed by atoms with Crippen molar-refractivity contribution in [2.45, 2.75) is 24.7 Å². The van der Waals surface area contributed by atoms with Crippen LogP contribution in [0.1, 0.15) is 47.2 Å². The molecule has 0 N–H and O–H groups in total. The molecule has 1 nitrogen and oxygen atoms in total. The third-order valence-electron chi connectivity index (χ3n) is 13.9. The van der Waals surface area contributed by atoms with Crippen LogP contribution in [-0.4, -0.2) is 0 Å². The Morgan fingerprint density at radius 1 is 0.367 bits per heavy atom. The number of anilines is 3. The average molecular weight is 782 g/mol. The zero-order chi connectivity index (χ0) is 39.7. The van der Waals surface area contributed by atoms with E-state index in [4.69, 9.17) is 0 Å². The molecule has 0 atom stereocenters. The van der Waals surface area contributed by atoms with Crippen molar-refractivity contribution in [2.75, 3.05) is 4.90 Å². The fourth-order valence-electron chi connectivity index (χ4n) is 11.5. The maximum atomic E-state index is 2.58. The summed E-state index contributed by atoms with van der Waals surface area (Å²) in [6, 6.07) is 75.4. The van der Waals surface area contributed by atoms with E-state index < -0.39 is 5.41 Å². The van der Waals surface area contributed by atoms with Gasteiger partial charge in [-0.25, -0.2) is 0 Å². The van der Waals surface area contributed by atoms with Gasteiger partial charge in [-0.2, -0.15) is 0 Å². The summed E-state index contributed by atoms with van der Waals surface area (Å²) in [4.78, 5) is 2.58. The van der Waals surface area contributed by atoms with Crippen molar-refractivity contribution >= 4 is 48.6 Å². The topological polar surface area (TPSA) is 3.24 Å². The number of hydrogen-bond acceptors (Lipinski definition) is 2. The highest BCUT2D eigenvalue weighted by Crippen LogP contribution is 2.64. The number of hydrogen-bond donors (Lipinski definition) is 0. The lowest BCUT2D eigenvalue weighted by Gasteiger charge is -2.33. The monoisotopic (exact) mass is 781 g/mol. The summed E-state index contributed by atoms with van der Waals surface area (Å²) >= 11 is 1.88. The predicted molar refractivity (Wildman–Crippen MR) is 253 cm³/mol. The molecule has 3 aliphatic rings. The first-order valence-corrected chi connectivity index (χ1v) is 21.8. The van der Waals surface area contributed by atoms with Gasteiger partial charge in [0, 0.05) is 36.8 Å². The lowest BCUT2D eigenvalue weighted by molar-refractivity contribution is 0.662.